The Balaban J connectivity index is 1.91. The number of hydrogen-bond donors (Lipinski definition) is 2. The van der Waals surface area contributed by atoms with Gasteiger partial charge in [0.25, 0.3) is 5.91 Å². The van der Waals surface area contributed by atoms with Crippen LogP contribution in [0.1, 0.15) is 22.0 Å². The van der Waals surface area contributed by atoms with Gasteiger partial charge in [0.2, 0.25) is 0 Å². The largest absolute Gasteiger partial charge is 0.387 e. The van der Waals surface area contributed by atoms with Gasteiger partial charge >= 0.3 is 0 Å². The van der Waals surface area contributed by atoms with E-state index in [1.165, 1.54) is 12.4 Å². The summed E-state index contributed by atoms with van der Waals surface area (Å²) in [5, 5.41) is 19.7. The molecule has 1 unspecified atom stereocenters. The smallest absolute Gasteiger partial charge is 0.253 e. The van der Waals surface area contributed by atoms with Crippen molar-refractivity contribution in [1.29, 1.82) is 0 Å². The number of hydrogen-bond acceptors (Lipinski definition) is 4. The van der Waals surface area contributed by atoms with Crippen molar-refractivity contribution in [2.45, 2.75) is 6.10 Å². The molecule has 1 aromatic heterocycles. The Bertz CT molecular complexity index is 502. The fourth-order valence-corrected chi connectivity index (χ4v) is 1.51. The first-order chi connectivity index (χ1) is 8.77. The van der Waals surface area contributed by atoms with E-state index < -0.39 is 6.10 Å². The highest BCUT2D eigenvalue weighted by atomic mass is 16.3. The number of carbonyl (C=O) groups is 1. The molecule has 0 saturated heterocycles. The zero-order chi connectivity index (χ0) is 12.8. The summed E-state index contributed by atoms with van der Waals surface area (Å²) in [5.74, 6) is -0.278. The Morgan fingerprint density at radius 3 is 2.67 bits per heavy atom. The Labute approximate surface area is 104 Å². The lowest BCUT2D eigenvalue weighted by molar-refractivity contribution is 0.0915. The van der Waals surface area contributed by atoms with Crippen LogP contribution < -0.4 is 5.32 Å². The van der Waals surface area contributed by atoms with Gasteiger partial charge in [-0.15, -0.1) is 0 Å². The number of aliphatic hydroxyl groups excluding tert-OH is 1. The molecule has 1 atom stereocenters. The lowest BCUT2D eigenvalue weighted by atomic mass is 10.1. The van der Waals surface area contributed by atoms with Crippen LogP contribution in [0.4, 0.5) is 0 Å². The lowest BCUT2D eigenvalue weighted by Gasteiger charge is -2.11. The van der Waals surface area contributed by atoms with Crippen LogP contribution in [-0.2, 0) is 0 Å². The molecule has 92 valence electrons. The molecule has 0 fully saturated rings. The van der Waals surface area contributed by atoms with Gasteiger partial charge in [-0.1, -0.05) is 30.3 Å². The fraction of sp³-hybridized carbons (Fsp3) is 0.154. The lowest BCUT2D eigenvalue weighted by Crippen LogP contribution is -2.28. The molecule has 2 rings (SSSR count). The van der Waals surface area contributed by atoms with Gasteiger partial charge in [0, 0.05) is 6.54 Å². The van der Waals surface area contributed by atoms with Crippen LogP contribution in [0.2, 0.25) is 0 Å². The fourth-order valence-electron chi connectivity index (χ4n) is 1.51. The van der Waals surface area contributed by atoms with E-state index in [0.717, 1.165) is 5.56 Å². The second kappa shape index (κ2) is 5.88. The molecular weight excluding hydrogens is 230 g/mol. The molecule has 0 spiro atoms. The Morgan fingerprint density at radius 1 is 1.22 bits per heavy atom. The number of carbonyl (C=O) groups excluding carboxylic acids is 1. The standard InChI is InChI=1S/C13H13N3O2/c17-12(10-4-2-1-3-5-10)9-14-13(18)11-6-7-15-16-8-11/h1-8,12,17H,9H2,(H,14,18). The van der Waals surface area contributed by atoms with Gasteiger partial charge in [-0.05, 0) is 11.6 Å². The second-order valence-electron chi connectivity index (χ2n) is 3.77. The highest BCUT2D eigenvalue weighted by molar-refractivity contribution is 5.93. The van der Waals surface area contributed by atoms with Gasteiger partial charge in [-0.25, -0.2) is 0 Å². The number of aliphatic hydroxyl groups is 1. The summed E-state index contributed by atoms with van der Waals surface area (Å²) < 4.78 is 0. The van der Waals surface area contributed by atoms with Crippen molar-refractivity contribution in [3.8, 4) is 0 Å². The predicted molar refractivity (Wildman–Crippen MR) is 65.8 cm³/mol. The molecule has 0 aliphatic rings. The van der Waals surface area contributed by atoms with Crippen LogP contribution in [-0.4, -0.2) is 27.8 Å². The SMILES string of the molecule is O=C(NCC(O)c1ccccc1)c1ccnnc1. The molecular formula is C13H13N3O2. The summed E-state index contributed by atoms with van der Waals surface area (Å²) in [7, 11) is 0. The van der Waals surface area contributed by atoms with Gasteiger partial charge in [0.05, 0.1) is 24.1 Å². The molecule has 1 amide bonds. The highest BCUT2D eigenvalue weighted by Gasteiger charge is 2.10. The number of rotatable bonds is 4. The molecule has 0 aliphatic carbocycles. The zero-order valence-electron chi connectivity index (χ0n) is 9.65. The average Bonchev–Trinajstić information content (AvgIpc) is 2.46. The number of nitrogens with one attached hydrogen (secondary N) is 1. The van der Waals surface area contributed by atoms with Gasteiger partial charge < -0.3 is 10.4 Å². The van der Waals surface area contributed by atoms with Crippen molar-refractivity contribution in [2.24, 2.45) is 0 Å². The van der Waals surface area contributed by atoms with E-state index in [4.69, 9.17) is 0 Å². The molecule has 5 nitrogen and oxygen atoms in total. The summed E-state index contributed by atoms with van der Waals surface area (Å²) in [5.41, 5.74) is 1.19. The summed E-state index contributed by atoms with van der Waals surface area (Å²) in [6.07, 6.45) is 2.11. The van der Waals surface area contributed by atoms with E-state index in [1.807, 2.05) is 30.3 Å². The van der Waals surface area contributed by atoms with E-state index in [-0.39, 0.29) is 12.5 Å². The van der Waals surface area contributed by atoms with E-state index in [1.54, 1.807) is 6.07 Å². The van der Waals surface area contributed by atoms with E-state index in [2.05, 4.69) is 15.5 Å². The maximum absolute atomic E-state index is 11.7. The Hall–Kier alpha value is -2.27. The Morgan fingerprint density at radius 2 is 2.00 bits per heavy atom. The van der Waals surface area contributed by atoms with Crippen LogP contribution in [0, 0.1) is 0 Å². The van der Waals surface area contributed by atoms with Crippen molar-refractivity contribution >= 4 is 5.91 Å². The maximum Gasteiger partial charge on any atom is 0.253 e. The molecule has 0 aliphatic heterocycles. The summed E-state index contributed by atoms with van der Waals surface area (Å²) in [6.45, 7) is 0.158. The van der Waals surface area contributed by atoms with Gasteiger partial charge in [0.15, 0.2) is 0 Å². The topological polar surface area (TPSA) is 75.1 Å². The van der Waals surface area contributed by atoms with Crippen LogP contribution in [0.25, 0.3) is 0 Å². The second-order valence-corrected chi connectivity index (χ2v) is 3.77. The minimum absolute atomic E-state index is 0.158. The molecule has 2 N–H and O–H groups in total. The molecule has 5 heteroatoms. The third-order valence-electron chi connectivity index (χ3n) is 2.49. The highest BCUT2D eigenvalue weighted by Crippen LogP contribution is 2.10. The van der Waals surface area contributed by atoms with Gasteiger partial charge in [-0.3, -0.25) is 4.79 Å². The molecule has 0 radical (unpaired) electrons. The molecule has 1 heterocycles. The summed E-state index contributed by atoms with van der Waals surface area (Å²) >= 11 is 0. The molecule has 1 aromatic carbocycles. The van der Waals surface area contributed by atoms with Crippen molar-refractivity contribution in [3.05, 3.63) is 59.9 Å². The molecule has 2 aromatic rings. The van der Waals surface area contributed by atoms with Crippen LogP contribution in [0.5, 0.6) is 0 Å². The van der Waals surface area contributed by atoms with Crippen molar-refractivity contribution in [1.82, 2.24) is 15.5 Å². The first-order valence-electron chi connectivity index (χ1n) is 5.55. The number of benzene rings is 1. The Kier molecular flexibility index (Phi) is 3.98. The van der Waals surface area contributed by atoms with Crippen molar-refractivity contribution in [2.75, 3.05) is 6.54 Å². The predicted octanol–water partition coefficient (Wildman–Crippen LogP) is 0.940. The molecule has 18 heavy (non-hydrogen) atoms. The molecule has 0 bridgehead atoms. The van der Waals surface area contributed by atoms with Crippen molar-refractivity contribution < 1.29 is 9.90 Å². The third kappa shape index (κ3) is 3.11. The monoisotopic (exact) mass is 243 g/mol. The summed E-state index contributed by atoms with van der Waals surface area (Å²) in [4.78, 5) is 11.7. The van der Waals surface area contributed by atoms with E-state index >= 15 is 0 Å². The zero-order valence-corrected chi connectivity index (χ0v) is 9.65. The van der Waals surface area contributed by atoms with Crippen LogP contribution >= 0.6 is 0 Å². The maximum atomic E-state index is 11.7. The summed E-state index contributed by atoms with van der Waals surface area (Å²) in [6, 6.07) is 10.7. The van der Waals surface area contributed by atoms with Crippen LogP contribution in [0.3, 0.4) is 0 Å². The van der Waals surface area contributed by atoms with Crippen molar-refractivity contribution in [3.63, 3.8) is 0 Å². The normalized spacial score (nSPS) is 11.8. The minimum atomic E-state index is -0.718. The minimum Gasteiger partial charge on any atom is -0.387 e. The quantitative estimate of drug-likeness (QED) is 0.838. The third-order valence-corrected chi connectivity index (χ3v) is 2.49. The van der Waals surface area contributed by atoms with Gasteiger partial charge in [0.1, 0.15) is 0 Å². The van der Waals surface area contributed by atoms with E-state index in [9.17, 15) is 9.90 Å². The number of aromatic nitrogens is 2. The van der Waals surface area contributed by atoms with Gasteiger partial charge in [-0.2, -0.15) is 10.2 Å². The van der Waals surface area contributed by atoms with Crippen LogP contribution in [0.15, 0.2) is 48.8 Å². The molecule has 0 saturated carbocycles. The number of nitrogens with zero attached hydrogens (tertiary/aromatic N) is 2. The van der Waals surface area contributed by atoms with E-state index in [0.29, 0.717) is 5.56 Å². The first-order valence-corrected chi connectivity index (χ1v) is 5.55. The average molecular weight is 243 g/mol. The number of amides is 1. The first kappa shape index (κ1) is 12.2.